The van der Waals surface area contributed by atoms with E-state index in [-0.39, 0.29) is 6.04 Å². The van der Waals surface area contributed by atoms with E-state index in [9.17, 15) is 8.42 Å². The third-order valence-electron chi connectivity index (χ3n) is 4.41. The number of piperazine rings is 1. The zero-order chi connectivity index (χ0) is 14.9. The van der Waals surface area contributed by atoms with Crippen LogP contribution in [-0.2, 0) is 16.6 Å². The van der Waals surface area contributed by atoms with Crippen molar-refractivity contribution in [3.63, 3.8) is 0 Å². The summed E-state index contributed by atoms with van der Waals surface area (Å²) in [7, 11) is -3.34. The summed E-state index contributed by atoms with van der Waals surface area (Å²) in [5.41, 5.74) is 2.65. The molecule has 0 bridgehead atoms. The monoisotopic (exact) mass is 309 g/mol. The number of fused-ring (bicyclic) bond motifs is 3. The third-order valence-corrected chi connectivity index (χ3v) is 5.99. The fourth-order valence-electron chi connectivity index (χ4n) is 3.25. The molecule has 0 aliphatic carbocycles. The molecule has 0 aromatic heterocycles. The smallest absolute Gasteiger partial charge is 0.279 e. The molecule has 1 saturated heterocycles. The van der Waals surface area contributed by atoms with Gasteiger partial charge in [-0.3, -0.25) is 4.90 Å². The van der Waals surface area contributed by atoms with E-state index in [1.165, 1.54) is 11.1 Å². The molecule has 2 aliphatic heterocycles. The molecule has 5 nitrogen and oxygen atoms in total. The SMILES string of the molecule is CCCNS(=O)(=O)N1CCN2CCc3ccccc3C2C1. The molecule has 0 radical (unpaired) electrons. The van der Waals surface area contributed by atoms with E-state index in [0.29, 0.717) is 19.6 Å². The van der Waals surface area contributed by atoms with Crippen molar-refractivity contribution >= 4 is 10.2 Å². The number of hydrogen-bond donors (Lipinski definition) is 1. The predicted octanol–water partition coefficient (Wildman–Crippen LogP) is 1.15. The van der Waals surface area contributed by atoms with Gasteiger partial charge in [0.2, 0.25) is 0 Å². The molecule has 21 heavy (non-hydrogen) atoms. The Hall–Kier alpha value is -0.950. The molecule has 1 fully saturated rings. The van der Waals surface area contributed by atoms with Gasteiger partial charge in [-0.05, 0) is 24.0 Å². The van der Waals surface area contributed by atoms with Crippen LogP contribution in [0, 0.1) is 0 Å². The third kappa shape index (κ3) is 2.99. The van der Waals surface area contributed by atoms with Crippen LogP contribution < -0.4 is 4.72 Å². The average Bonchev–Trinajstić information content (AvgIpc) is 2.52. The Morgan fingerprint density at radius 1 is 1.24 bits per heavy atom. The van der Waals surface area contributed by atoms with Crippen LogP contribution in [0.4, 0.5) is 0 Å². The van der Waals surface area contributed by atoms with E-state index in [1.807, 2.05) is 13.0 Å². The summed E-state index contributed by atoms with van der Waals surface area (Å²) in [6.07, 6.45) is 1.87. The van der Waals surface area contributed by atoms with Crippen LogP contribution in [0.15, 0.2) is 24.3 Å². The first-order chi connectivity index (χ1) is 10.1. The molecule has 0 amide bonds. The van der Waals surface area contributed by atoms with Crippen LogP contribution in [0.5, 0.6) is 0 Å². The molecule has 116 valence electrons. The lowest BCUT2D eigenvalue weighted by Gasteiger charge is -2.44. The van der Waals surface area contributed by atoms with Crippen LogP contribution >= 0.6 is 0 Å². The Morgan fingerprint density at radius 2 is 2.05 bits per heavy atom. The minimum atomic E-state index is -3.34. The van der Waals surface area contributed by atoms with Crippen LogP contribution in [0.1, 0.15) is 30.5 Å². The normalized spacial score (nSPS) is 23.6. The van der Waals surface area contributed by atoms with Crippen molar-refractivity contribution in [2.75, 3.05) is 32.7 Å². The van der Waals surface area contributed by atoms with Gasteiger partial charge >= 0.3 is 0 Å². The number of nitrogens with zero attached hydrogens (tertiary/aromatic N) is 2. The molecular weight excluding hydrogens is 286 g/mol. The first-order valence-corrected chi connectivity index (χ1v) is 9.12. The number of rotatable bonds is 4. The average molecular weight is 309 g/mol. The highest BCUT2D eigenvalue weighted by Gasteiger charge is 2.36. The summed E-state index contributed by atoms with van der Waals surface area (Å²) in [6.45, 7) is 5.44. The highest BCUT2D eigenvalue weighted by atomic mass is 32.2. The van der Waals surface area contributed by atoms with E-state index in [1.54, 1.807) is 4.31 Å². The lowest BCUT2D eigenvalue weighted by molar-refractivity contribution is 0.109. The second kappa shape index (κ2) is 6.04. The van der Waals surface area contributed by atoms with Gasteiger partial charge in [-0.1, -0.05) is 31.2 Å². The lowest BCUT2D eigenvalue weighted by Crippen LogP contribution is -2.54. The molecule has 1 unspecified atom stereocenters. The maximum absolute atomic E-state index is 12.3. The van der Waals surface area contributed by atoms with Crippen LogP contribution in [0.3, 0.4) is 0 Å². The zero-order valence-electron chi connectivity index (χ0n) is 12.5. The van der Waals surface area contributed by atoms with Gasteiger partial charge in [-0.2, -0.15) is 12.7 Å². The van der Waals surface area contributed by atoms with Gasteiger partial charge in [0, 0.05) is 38.8 Å². The van der Waals surface area contributed by atoms with E-state index >= 15 is 0 Å². The van der Waals surface area contributed by atoms with E-state index < -0.39 is 10.2 Å². The fraction of sp³-hybridized carbons (Fsp3) is 0.600. The largest absolute Gasteiger partial charge is 0.293 e. The molecule has 0 saturated carbocycles. The van der Waals surface area contributed by atoms with E-state index in [2.05, 4.69) is 27.8 Å². The summed E-state index contributed by atoms with van der Waals surface area (Å²) >= 11 is 0. The quantitative estimate of drug-likeness (QED) is 0.907. The summed E-state index contributed by atoms with van der Waals surface area (Å²) in [5, 5.41) is 0. The molecule has 1 aromatic carbocycles. The van der Waals surface area contributed by atoms with Crippen molar-refractivity contribution in [2.24, 2.45) is 0 Å². The first kappa shape index (κ1) is 15.0. The van der Waals surface area contributed by atoms with E-state index in [0.717, 1.165) is 25.9 Å². The maximum Gasteiger partial charge on any atom is 0.279 e. The summed E-state index contributed by atoms with van der Waals surface area (Å²) in [5.74, 6) is 0. The van der Waals surface area contributed by atoms with Crippen LogP contribution in [0.25, 0.3) is 0 Å². The molecule has 0 spiro atoms. The zero-order valence-corrected chi connectivity index (χ0v) is 13.3. The molecular formula is C15H23N3O2S. The Labute approximate surface area is 127 Å². The van der Waals surface area contributed by atoms with Gasteiger partial charge in [0.05, 0.1) is 0 Å². The van der Waals surface area contributed by atoms with Gasteiger partial charge in [-0.15, -0.1) is 0 Å². The predicted molar refractivity (Wildman–Crippen MR) is 83.2 cm³/mol. The highest BCUT2D eigenvalue weighted by Crippen LogP contribution is 2.32. The fourth-order valence-corrected chi connectivity index (χ4v) is 4.55. The van der Waals surface area contributed by atoms with Crippen LogP contribution in [0.2, 0.25) is 0 Å². The van der Waals surface area contributed by atoms with Gasteiger partial charge < -0.3 is 0 Å². The van der Waals surface area contributed by atoms with Gasteiger partial charge in [0.1, 0.15) is 0 Å². The molecule has 1 atom stereocenters. The second-order valence-corrected chi connectivity index (χ2v) is 7.51. The molecule has 2 aliphatic rings. The number of nitrogens with one attached hydrogen (secondary N) is 1. The molecule has 1 N–H and O–H groups in total. The minimum Gasteiger partial charge on any atom is -0.293 e. The lowest BCUT2D eigenvalue weighted by atomic mass is 9.91. The standard InChI is InChI=1S/C15H23N3O2S/c1-2-8-16-21(19,20)18-11-10-17-9-7-13-5-3-4-6-14(13)15(17)12-18/h3-6,15-16H,2,7-12H2,1H3. The van der Waals surface area contributed by atoms with Gasteiger partial charge in [0.25, 0.3) is 10.2 Å². The molecule has 2 heterocycles. The number of benzene rings is 1. The van der Waals surface area contributed by atoms with Crippen molar-refractivity contribution in [1.82, 2.24) is 13.9 Å². The summed E-state index contributed by atoms with van der Waals surface area (Å²) in [6, 6.07) is 8.61. The second-order valence-electron chi connectivity index (χ2n) is 5.76. The Balaban J connectivity index is 1.80. The van der Waals surface area contributed by atoms with Gasteiger partial charge in [-0.25, -0.2) is 4.72 Å². The Bertz CT molecular complexity index is 603. The highest BCUT2D eigenvalue weighted by molar-refractivity contribution is 7.87. The first-order valence-electron chi connectivity index (χ1n) is 7.68. The van der Waals surface area contributed by atoms with Crippen molar-refractivity contribution in [3.8, 4) is 0 Å². The van der Waals surface area contributed by atoms with Crippen molar-refractivity contribution in [2.45, 2.75) is 25.8 Å². The minimum absolute atomic E-state index is 0.196. The molecule has 1 aromatic rings. The van der Waals surface area contributed by atoms with Gasteiger partial charge in [0.15, 0.2) is 0 Å². The van der Waals surface area contributed by atoms with Crippen molar-refractivity contribution in [3.05, 3.63) is 35.4 Å². The maximum atomic E-state index is 12.3. The summed E-state index contributed by atoms with van der Waals surface area (Å²) < 4.78 is 28.9. The number of hydrogen-bond acceptors (Lipinski definition) is 3. The Morgan fingerprint density at radius 3 is 2.86 bits per heavy atom. The molecule has 6 heteroatoms. The van der Waals surface area contributed by atoms with Crippen molar-refractivity contribution in [1.29, 1.82) is 0 Å². The topological polar surface area (TPSA) is 52.7 Å². The van der Waals surface area contributed by atoms with E-state index in [4.69, 9.17) is 0 Å². The molecule has 3 rings (SSSR count). The van der Waals surface area contributed by atoms with Crippen LogP contribution in [-0.4, -0.2) is 50.3 Å². The van der Waals surface area contributed by atoms with Crippen molar-refractivity contribution < 1.29 is 8.42 Å². The Kier molecular flexibility index (Phi) is 4.31. The summed E-state index contributed by atoms with van der Waals surface area (Å²) in [4.78, 5) is 2.41.